The number of hydrogen-bond acceptors (Lipinski definition) is 4. The van der Waals surface area contributed by atoms with Crippen LogP contribution in [0.5, 0.6) is 5.75 Å². The minimum absolute atomic E-state index is 0.271. The maximum Gasteiger partial charge on any atom is 0.279 e. The van der Waals surface area contributed by atoms with Gasteiger partial charge in [0.1, 0.15) is 5.75 Å². The van der Waals surface area contributed by atoms with Gasteiger partial charge in [0, 0.05) is 24.1 Å². The highest BCUT2D eigenvalue weighted by atomic mass is 32.1. The topological polar surface area (TPSA) is 52.8 Å². The Morgan fingerprint density at radius 2 is 1.91 bits per heavy atom. The number of ether oxygens (including phenoxy) is 2. The summed E-state index contributed by atoms with van der Waals surface area (Å²) in [5, 5.41) is 2.34. The van der Waals surface area contributed by atoms with Crippen LogP contribution in [-0.4, -0.2) is 30.3 Å². The molecule has 1 aromatic heterocycles. The number of thiazole rings is 1. The molecule has 0 unspecified atom stereocenters. The van der Waals surface area contributed by atoms with Gasteiger partial charge in [0.25, 0.3) is 5.91 Å². The summed E-state index contributed by atoms with van der Waals surface area (Å²) in [7, 11) is 0. The number of aromatic nitrogens is 1. The molecule has 0 saturated heterocycles. The second-order valence-corrected chi connectivity index (χ2v) is 8.49. The molecule has 0 spiro atoms. The van der Waals surface area contributed by atoms with Crippen LogP contribution in [-0.2, 0) is 11.3 Å². The first-order chi connectivity index (χ1) is 15.7. The van der Waals surface area contributed by atoms with Crippen LogP contribution >= 0.6 is 11.3 Å². The van der Waals surface area contributed by atoms with Crippen molar-refractivity contribution in [2.24, 2.45) is 4.99 Å². The minimum atomic E-state index is -0.271. The van der Waals surface area contributed by atoms with E-state index in [0.717, 1.165) is 23.1 Å². The third-order valence-electron chi connectivity index (χ3n) is 5.28. The van der Waals surface area contributed by atoms with Gasteiger partial charge in [0.15, 0.2) is 4.80 Å². The Kier molecular flexibility index (Phi) is 7.35. The van der Waals surface area contributed by atoms with E-state index in [1.54, 1.807) is 23.5 Å². The standard InChI is InChI=1S/C26H28N2O3S/c1-3-5-16-31-21-11-8-10-20(18-21)25(29)27-26-28(15-17-30-4-2)23-14-13-19-9-6-7-12-22(19)24(23)32-26/h6-14,18H,3-5,15-17H2,1-2H3. The summed E-state index contributed by atoms with van der Waals surface area (Å²) < 4.78 is 14.6. The van der Waals surface area contributed by atoms with Crippen molar-refractivity contribution in [1.82, 2.24) is 4.57 Å². The number of benzene rings is 3. The number of rotatable bonds is 9. The van der Waals surface area contributed by atoms with Gasteiger partial charge in [-0.25, -0.2) is 0 Å². The van der Waals surface area contributed by atoms with Gasteiger partial charge in [0.05, 0.1) is 23.4 Å². The zero-order chi connectivity index (χ0) is 22.3. The van der Waals surface area contributed by atoms with Crippen LogP contribution < -0.4 is 9.54 Å². The fourth-order valence-corrected chi connectivity index (χ4v) is 4.79. The lowest BCUT2D eigenvalue weighted by molar-refractivity contribution is 0.0996. The molecule has 1 amide bonds. The number of carbonyl (C=O) groups is 1. The summed E-state index contributed by atoms with van der Waals surface area (Å²) in [6.07, 6.45) is 2.05. The highest BCUT2D eigenvalue weighted by molar-refractivity contribution is 7.17. The number of nitrogens with zero attached hydrogens (tertiary/aromatic N) is 2. The Morgan fingerprint density at radius 1 is 1.03 bits per heavy atom. The zero-order valence-corrected chi connectivity index (χ0v) is 19.4. The zero-order valence-electron chi connectivity index (χ0n) is 18.5. The molecule has 6 heteroatoms. The summed E-state index contributed by atoms with van der Waals surface area (Å²) in [5.74, 6) is 0.429. The molecule has 4 rings (SSSR count). The highest BCUT2D eigenvalue weighted by Gasteiger charge is 2.12. The number of carbonyl (C=O) groups excluding carboxylic acids is 1. The van der Waals surface area contributed by atoms with Crippen molar-refractivity contribution in [2.75, 3.05) is 19.8 Å². The third-order valence-corrected chi connectivity index (χ3v) is 6.41. The first-order valence-corrected chi connectivity index (χ1v) is 11.9. The van der Waals surface area contributed by atoms with Crippen LogP contribution in [0.25, 0.3) is 21.0 Å². The van der Waals surface area contributed by atoms with Crippen LogP contribution in [0.2, 0.25) is 0 Å². The first-order valence-electron chi connectivity index (χ1n) is 11.1. The molecule has 0 atom stereocenters. The predicted octanol–water partition coefficient (Wildman–Crippen LogP) is 5.81. The SMILES string of the molecule is CCCCOc1cccc(C(=O)N=c2sc3c4ccccc4ccc3n2CCOCC)c1. The minimum Gasteiger partial charge on any atom is -0.494 e. The molecule has 3 aromatic carbocycles. The maximum absolute atomic E-state index is 13.1. The maximum atomic E-state index is 13.1. The molecule has 1 heterocycles. The van der Waals surface area contributed by atoms with E-state index in [-0.39, 0.29) is 5.91 Å². The summed E-state index contributed by atoms with van der Waals surface area (Å²) >= 11 is 1.54. The van der Waals surface area contributed by atoms with E-state index in [1.165, 1.54) is 10.8 Å². The molecular weight excluding hydrogens is 420 g/mol. The molecule has 0 fully saturated rings. The molecule has 32 heavy (non-hydrogen) atoms. The number of fused-ring (bicyclic) bond motifs is 3. The number of unbranched alkanes of at least 4 members (excludes halogenated alkanes) is 1. The Hall–Kier alpha value is -2.96. The quantitative estimate of drug-likeness (QED) is 0.304. The largest absolute Gasteiger partial charge is 0.494 e. The molecule has 0 aliphatic rings. The van der Waals surface area contributed by atoms with Crippen molar-refractivity contribution in [3.63, 3.8) is 0 Å². The van der Waals surface area contributed by atoms with Gasteiger partial charge >= 0.3 is 0 Å². The number of hydrogen-bond donors (Lipinski definition) is 0. The molecule has 0 bridgehead atoms. The van der Waals surface area contributed by atoms with E-state index >= 15 is 0 Å². The molecular formula is C26H28N2O3S. The Bertz CT molecular complexity index is 1290. The number of amides is 1. The molecule has 0 aliphatic heterocycles. The third kappa shape index (κ3) is 4.92. The van der Waals surface area contributed by atoms with Gasteiger partial charge in [-0.2, -0.15) is 4.99 Å². The fraction of sp³-hybridized carbons (Fsp3) is 0.308. The van der Waals surface area contributed by atoms with E-state index in [4.69, 9.17) is 9.47 Å². The Balaban J connectivity index is 1.75. The van der Waals surface area contributed by atoms with Crippen molar-refractivity contribution >= 4 is 38.2 Å². The highest BCUT2D eigenvalue weighted by Crippen LogP contribution is 2.27. The van der Waals surface area contributed by atoms with Gasteiger partial charge in [-0.1, -0.05) is 61.1 Å². The van der Waals surface area contributed by atoms with Crippen molar-refractivity contribution in [2.45, 2.75) is 33.2 Å². The molecule has 166 valence electrons. The second kappa shape index (κ2) is 10.6. The average Bonchev–Trinajstić information content (AvgIpc) is 3.17. The smallest absolute Gasteiger partial charge is 0.279 e. The predicted molar refractivity (Wildman–Crippen MR) is 131 cm³/mol. The monoisotopic (exact) mass is 448 g/mol. The summed E-state index contributed by atoms with van der Waals surface area (Å²) in [6, 6.07) is 19.8. The molecule has 0 aliphatic carbocycles. The lowest BCUT2D eigenvalue weighted by Gasteiger charge is -2.07. The molecule has 0 N–H and O–H groups in total. The molecule has 5 nitrogen and oxygen atoms in total. The molecule has 0 radical (unpaired) electrons. The van der Waals surface area contributed by atoms with Crippen LogP contribution in [0, 0.1) is 0 Å². The van der Waals surface area contributed by atoms with Crippen molar-refractivity contribution < 1.29 is 14.3 Å². The van der Waals surface area contributed by atoms with Gasteiger partial charge < -0.3 is 14.0 Å². The van der Waals surface area contributed by atoms with Crippen molar-refractivity contribution in [1.29, 1.82) is 0 Å². The summed E-state index contributed by atoms with van der Waals surface area (Å²) in [6.45, 7) is 6.61. The van der Waals surface area contributed by atoms with E-state index in [1.807, 2.05) is 31.2 Å². The average molecular weight is 449 g/mol. The molecule has 4 aromatic rings. The second-order valence-electron chi connectivity index (χ2n) is 7.51. The normalized spacial score (nSPS) is 12.0. The summed E-state index contributed by atoms with van der Waals surface area (Å²) in [5.41, 5.74) is 1.59. The lowest BCUT2D eigenvalue weighted by Crippen LogP contribution is -2.19. The van der Waals surface area contributed by atoms with Crippen LogP contribution in [0.15, 0.2) is 65.7 Å². The Labute approximate surface area is 191 Å². The lowest BCUT2D eigenvalue weighted by atomic mass is 10.1. The van der Waals surface area contributed by atoms with E-state index in [9.17, 15) is 4.79 Å². The van der Waals surface area contributed by atoms with Crippen molar-refractivity contribution in [3.8, 4) is 5.75 Å². The van der Waals surface area contributed by atoms with Gasteiger partial charge in [0.2, 0.25) is 0 Å². The summed E-state index contributed by atoms with van der Waals surface area (Å²) in [4.78, 5) is 18.3. The van der Waals surface area contributed by atoms with Gasteiger partial charge in [-0.3, -0.25) is 4.79 Å². The van der Waals surface area contributed by atoms with Crippen LogP contribution in [0.1, 0.15) is 37.0 Å². The van der Waals surface area contributed by atoms with E-state index < -0.39 is 0 Å². The molecule has 0 saturated carbocycles. The van der Waals surface area contributed by atoms with Gasteiger partial charge in [-0.15, -0.1) is 0 Å². The van der Waals surface area contributed by atoms with Crippen LogP contribution in [0.3, 0.4) is 0 Å². The first kappa shape index (κ1) is 22.2. The van der Waals surface area contributed by atoms with Crippen molar-refractivity contribution in [3.05, 3.63) is 71.0 Å². The van der Waals surface area contributed by atoms with Crippen LogP contribution in [0.4, 0.5) is 0 Å². The Morgan fingerprint density at radius 3 is 2.75 bits per heavy atom. The van der Waals surface area contributed by atoms with E-state index in [0.29, 0.717) is 42.5 Å². The van der Waals surface area contributed by atoms with E-state index in [2.05, 4.69) is 40.7 Å². The fourth-order valence-electron chi connectivity index (χ4n) is 3.60. The van der Waals surface area contributed by atoms with Gasteiger partial charge in [-0.05, 0) is 43.0 Å².